The first kappa shape index (κ1) is 12.6. The number of nitrogens with one attached hydrogen (secondary N) is 1. The molecule has 0 atom stereocenters. The summed E-state index contributed by atoms with van der Waals surface area (Å²) in [4.78, 5) is 5.57. The molecule has 0 amide bonds. The van der Waals surface area contributed by atoms with Gasteiger partial charge in [0.15, 0.2) is 0 Å². The van der Waals surface area contributed by atoms with Crippen molar-refractivity contribution in [1.29, 1.82) is 0 Å². The Kier molecular flexibility index (Phi) is 4.25. The topological polar surface area (TPSA) is 45.2 Å². The molecule has 0 unspecified atom stereocenters. The summed E-state index contributed by atoms with van der Waals surface area (Å²) in [6.45, 7) is 9.27. The van der Waals surface area contributed by atoms with Gasteiger partial charge < -0.3 is 10.4 Å². The van der Waals surface area contributed by atoms with Gasteiger partial charge in [0.05, 0.1) is 10.6 Å². The second-order valence-electron chi connectivity index (χ2n) is 4.74. The molecule has 0 radical (unpaired) electrons. The van der Waals surface area contributed by atoms with E-state index in [1.807, 2.05) is 6.20 Å². The number of aliphatic hydroxyl groups is 1. The van der Waals surface area contributed by atoms with E-state index in [4.69, 9.17) is 0 Å². The molecule has 0 saturated heterocycles. The zero-order valence-corrected chi connectivity index (χ0v) is 10.7. The number of aromatic nitrogens is 1. The van der Waals surface area contributed by atoms with Gasteiger partial charge in [-0.05, 0) is 13.8 Å². The van der Waals surface area contributed by atoms with Crippen LogP contribution in [0.15, 0.2) is 6.20 Å². The van der Waals surface area contributed by atoms with Crippen molar-refractivity contribution in [1.82, 2.24) is 10.3 Å². The standard InChI is InChI=1S/C11H20N2OS/c1-8(2)10-13-6-9(15-10)5-12-7-11(3,4)14/h6,8,12,14H,5,7H2,1-4H3. The van der Waals surface area contributed by atoms with Gasteiger partial charge in [0.2, 0.25) is 0 Å². The predicted octanol–water partition coefficient (Wildman–Crippen LogP) is 2.13. The summed E-state index contributed by atoms with van der Waals surface area (Å²) in [6.07, 6.45) is 1.91. The third-order valence-electron chi connectivity index (χ3n) is 1.92. The molecule has 1 aromatic heterocycles. The smallest absolute Gasteiger partial charge is 0.0953 e. The minimum absolute atomic E-state index is 0.498. The van der Waals surface area contributed by atoms with E-state index in [1.54, 1.807) is 25.2 Å². The van der Waals surface area contributed by atoms with Crippen LogP contribution in [-0.4, -0.2) is 22.2 Å². The molecule has 1 rings (SSSR count). The Labute approximate surface area is 95.6 Å². The van der Waals surface area contributed by atoms with Crippen LogP contribution in [-0.2, 0) is 6.54 Å². The van der Waals surface area contributed by atoms with Crippen molar-refractivity contribution >= 4 is 11.3 Å². The predicted molar refractivity (Wildman–Crippen MR) is 64.2 cm³/mol. The van der Waals surface area contributed by atoms with Crippen molar-refractivity contribution in [2.75, 3.05) is 6.54 Å². The van der Waals surface area contributed by atoms with Crippen LogP contribution >= 0.6 is 11.3 Å². The molecule has 3 nitrogen and oxygen atoms in total. The Bertz CT molecular complexity index is 302. The average molecular weight is 228 g/mol. The molecule has 0 aliphatic rings. The summed E-state index contributed by atoms with van der Waals surface area (Å²) in [5, 5.41) is 13.9. The van der Waals surface area contributed by atoms with E-state index in [0.717, 1.165) is 6.54 Å². The Balaban J connectivity index is 2.38. The minimum atomic E-state index is -0.647. The lowest BCUT2D eigenvalue weighted by atomic mass is 10.1. The third kappa shape index (κ3) is 4.73. The Hall–Kier alpha value is -0.450. The number of hydrogen-bond donors (Lipinski definition) is 2. The van der Waals surface area contributed by atoms with E-state index in [-0.39, 0.29) is 0 Å². The van der Waals surface area contributed by atoms with Gasteiger partial charge in [0.1, 0.15) is 0 Å². The first-order valence-electron chi connectivity index (χ1n) is 5.26. The maximum Gasteiger partial charge on any atom is 0.0953 e. The highest BCUT2D eigenvalue weighted by Gasteiger charge is 2.12. The van der Waals surface area contributed by atoms with Crippen molar-refractivity contribution in [3.8, 4) is 0 Å². The van der Waals surface area contributed by atoms with Gasteiger partial charge >= 0.3 is 0 Å². The number of rotatable bonds is 5. The van der Waals surface area contributed by atoms with Crippen LogP contribution in [0.3, 0.4) is 0 Å². The Morgan fingerprint density at radius 1 is 1.53 bits per heavy atom. The summed E-state index contributed by atoms with van der Waals surface area (Å²) in [5.41, 5.74) is -0.647. The highest BCUT2D eigenvalue weighted by atomic mass is 32.1. The van der Waals surface area contributed by atoms with E-state index in [9.17, 15) is 5.11 Å². The minimum Gasteiger partial charge on any atom is -0.389 e. The molecular weight excluding hydrogens is 208 g/mol. The number of hydrogen-bond acceptors (Lipinski definition) is 4. The zero-order valence-electron chi connectivity index (χ0n) is 9.87. The molecule has 0 fully saturated rings. The number of thiazole rings is 1. The second kappa shape index (κ2) is 5.05. The second-order valence-corrected chi connectivity index (χ2v) is 5.88. The van der Waals surface area contributed by atoms with Crippen molar-refractivity contribution in [3.05, 3.63) is 16.1 Å². The van der Waals surface area contributed by atoms with E-state index in [0.29, 0.717) is 12.5 Å². The van der Waals surface area contributed by atoms with Gasteiger partial charge in [-0.25, -0.2) is 4.98 Å². The van der Waals surface area contributed by atoms with Crippen LogP contribution in [0.4, 0.5) is 0 Å². The lowest BCUT2D eigenvalue weighted by molar-refractivity contribution is 0.0796. The van der Waals surface area contributed by atoms with Crippen molar-refractivity contribution in [2.45, 2.75) is 45.8 Å². The quantitative estimate of drug-likeness (QED) is 0.811. The maximum absolute atomic E-state index is 9.51. The molecule has 0 bridgehead atoms. The first-order valence-corrected chi connectivity index (χ1v) is 6.08. The summed E-state index contributed by atoms with van der Waals surface area (Å²) in [6, 6.07) is 0. The first-order chi connectivity index (χ1) is 6.88. The molecule has 1 aromatic rings. The van der Waals surface area contributed by atoms with Gasteiger partial charge in [-0.3, -0.25) is 0 Å². The molecule has 15 heavy (non-hydrogen) atoms. The van der Waals surface area contributed by atoms with Crippen molar-refractivity contribution < 1.29 is 5.11 Å². The van der Waals surface area contributed by atoms with E-state index >= 15 is 0 Å². The van der Waals surface area contributed by atoms with E-state index < -0.39 is 5.60 Å². The van der Waals surface area contributed by atoms with Crippen LogP contribution < -0.4 is 5.32 Å². The van der Waals surface area contributed by atoms with Crippen LogP contribution in [0, 0.1) is 0 Å². The normalized spacial score (nSPS) is 12.4. The highest BCUT2D eigenvalue weighted by molar-refractivity contribution is 7.11. The fraction of sp³-hybridized carbons (Fsp3) is 0.727. The molecule has 1 heterocycles. The van der Waals surface area contributed by atoms with E-state index in [2.05, 4.69) is 24.1 Å². The zero-order chi connectivity index (χ0) is 11.5. The molecule has 0 saturated carbocycles. The Morgan fingerprint density at radius 3 is 2.67 bits per heavy atom. The third-order valence-corrected chi connectivity index (χ3v) is 3.22. The van der Waals surface area contributed by atoms with Crippen LogP contribution in [0.25, 0.3) is 0 Å². The molecule has 4 heteroatoms. The fourth-order valence-electron chi connectivity index (χ4n) is 1.16. The summed E-state index contributed by atoms with van der Waals surface area (Å²) >= 11 is 1.74. The lowest BCUT2D eigenvalue weighted by Gasteiger charge is -2.17. The van der Waals surface area contributed by atoms with E-state index in [1.165, 1.54) is 9.88 Å². The maximum atomic E-state index is 9.51. The average Bonchev–Trinajstić information content (AvgIpc) is 2.50. The van der Waals surface area contributed by atoms with Gasteiger partial charge in [0.25, 0.3) is 0 Å². The fourth-order valence-corrected chi connectivity index (χ4v) is 2.05. The lowest BCUT2D eigenvalue weighted by Crippen LogP contribution is -2.34. The molecule has 0 aliphatic heterocycles. The molecule has 0 spiro atoms. The van der Waals surface area contributed by atoms with Gasteiger partial charge in [-0.15, -0.1) is 11.3 Å². The largest absolute Gasteiger partial charge is 0.389 e. The molecular formula is C11H20N2OS. The summed E-state index contributed by atoms with van der Waals surface area (Å²) < 4.78 is 0. The number of nitrogens with zero attached hydrogens (tertiary/aromatic N) is 1. The van der Waals surface area contributed by atoms with Crippen molar-refractivity contribution in [3.63, 3.8) is 0 Å². The molecule has 0 aromatic carbocycles. The van der Waals surface area contributed by atoms with Crippen LogP contribution in [0.5, 0.6) is 0 Å². The van der Waals surface area contributed by atoms with Crippen LogP contribution in [0.2, 0.25) is 0 Å². The van der Waals surface area contributed by atoms with Gasteiger partial charge in [-0.1, -0.05) is 13.8 Å². The Morgan fingerprint density at radius 2 is 2.20 bits per heavy atom. The molecule has 86 valence electrons. The van der Waals surface area contributed by atoms with Crippen LogP contribution in [0.1, 0.15) is 43.5 Å². The highest BCUT2D eigenvalue weighted by Crippen LogP contribution is 2.20. The molecule has 0 aliphatic carbocycles. The molecule has 2 N–H and O–H groups in total. The monoisotopic (exact) mass is 228 g/mol. The SMILES string of the molecule is CC(C)c1ncc(CNCC(C)(C)O)s1. The van der Waals surface area contributed by atoms with Gasteiger partial charge in [-0.2, -0.15) is 0 Å². The summed E-state index contributed by atoms with van der Waals surface area (Å²) in [7, 11) is 0. The van der Waals surface area contributed by atoms with Crippen molar-refractivity contribution in [2.24, 2.45) is 0 Å². The van der Waals surface area contributed by atoms with Gasteiger partial charge in [0, 0.05) is 30.1 Å². The summed E-state index contributed by atoms with van der Waals surface area (Å²) in [5.74, 6) is 0.498.